The van der Waals surface area contributed by atoms with Crippen LogP contribution in [0.1, 0.15) is 11.3 Å². The maximum absolute atomic E-state index is 5.58. The summed E-state index contributed by atoms with van der Waals surface area (Å²) in [5.41, 5.74) is 8.40. The normalized spacial score (nSPS) is 10.1. The van der Waals surface area contributed by atoms with Gasteiger partial charge in [0.25, 0.3) is 0 Å². The Morgan fingerprint density at radius 2 is 2.17 bits per heavy atom. The Labute approximate surface area is 120 Å². The lowest BCUT2D eigenvalue weighted by Gasteiger charge is -2.09. The van der Waals surface area contributed by atoms with Crippen LogP contribution in [0.4, 0.5) is 5.69 Å². The summed E-state index contributed by atoms with van der Waals surface area (Å²) >= 11 is 8.42. The van der Waals surface area contributed by atoms with Crippen molar-refractivity contribution in [1.29, 1.82) is 0 Å². The molecule has 0 bridgehead atoms. The molecule has 0 fully saturated rings. The molecule has 3 nitrogen and oxygen atoms in total. The van der Waals surface area contributed by atoms with E-state index in [2.05, 4.69) is 26.2 Å². The van der Waals surface area contributed by atoms with Crippen molar-refractivity contribution < 1.29 is 0 Å². The molecular formula is C13H12BrN3S. The molecule has 3 N–H and O–H groups in total. The SMILES string of the molecule is NC(=S)c1ccc(NCc2ccccn2)c(Br)c1. The summed E-state index contributed by atoms with van der Waals surface area (Å²) < 4.78 is 0.934. The van der Waals surface area contributed by atoms with Crippen LogP contribution in [0.25, 0.3) is 0 Å². The van der Waals surface area contributed by atoms with Crippen molar-refractivity contribution in [2.24, 2.45) is 5.73 Å². The van der Waals surface area contributed by atoms with Crippen LogP contribution in [0, 0.1) is 0 Å². The Morgan fingerprint density at radius 3 is 2.78 bits per heavy atom. The zero-order valence-corrected chi connectivity index (χ0v) is 12.0. The van der Waals surface area contributed by atoms with Gasteiger partial charge in [-0.3, -0.25) is 4.98 Å². The van der Waals surface area contributed by atoms with Crippen LogP contribution in [0.15, 0.2) is 47.1 Å². The number of halogens is 1. The van der Waals surface area contributed by atoms with Crippen molar-refractivity contribution in [2.45, 2.75) is 6.54 Å². The minimum absolute atomic E-state index is 0.395. The Bertz CT molecular complexity index is 557. The molecule has 0 radical (unpaired) electrons. The average molecular weight is 322 g/mol. The largest absolute Gasteiger partial charge is 0.389 e. The highest BCUT2D eigenvalue weighted by atomic mass is 79.9. The standard InChI is InChI=1S/C13H12BrN3S/c14-11-7-9(13(15)18)4-5-12(11)17-8-10-3-1-2-6-16-10/h1-7,17H,8H2,(H2,15,18). The molecule has 0 unspecified atom stereocenters. The van der Waals surface area contributed by atoms with E-state index in [0.29, 0.717) is 11.5 Å². The number of nitrogens with one attached hydrogen (secondary N) is 1. The topological polar surface area (TPSA) is 50.9 Å². The minimum Gasteiger partial charge on any atom is -0.389 e. The maximum Gasteiger partial charge on any atom is 0.104 e. The fourth-order valence-electron chi connectivity index (χ4n) is 1.50. The summed E-state index contributed by atoms with van der Waals surface area (Å²) in [4.78, 5) is 4.65. The molecule has 18 heavy (non-hydrogen) atoms. The van der Waals surface area contributed by atoms with Gasteiger partial charge in [-0.25, -0.2) is 0 Å². The molecule has 0 saturated carbocycles. The predicted molar refractivity (Wildman–Crippen MR) is 81.6 cm³/mol. The molecule has 1 heterocycles. The second-order valence-electron chi connectivity index (χ2n) is 3.73. The number of nitrogens with zero attached hydrogens (tertiary/aromatic N) is 1. The molecule has 0 aliphatic rings. The van der Waals surface area contributed by atoms with Gasteiger partial charge < -0.3 is 11.1 Å². The van der Waals surface area contributed by atoms with Gasteiger partial charge in [-0.15, -0.1) is 0 Å². The van der Waals surface area contributed by atoms with Gasteiger partial charge in [0.05, 0.1) is 12.2 Å². The maximum atomic E-state index is 5.58. The van der Waals surface area contributed by atoms with E-state index in [1.165, 1.54) is 0 Å². The summed E-state index contributed by atoms with van der Waals surface area (Å²) in [5, 5.41) is 3.30. The number of rotatable bonds is 4. The number of thiocarbonyl (C=S) groups is 1. The van der Waals surface area contributed by atoms with E-state index in [1.807, 2.05) is 36.4 Å². The Hall–Kier alpha value is -1.46. The summed E-state index contributed by atoms with van der Waals surface area (Å²) in [5.74, 6) is 0. The van der Waals surface area contributed by atoms with E-state index >= 15 is 0 Å². The average Bonchev–Trinajstić information content (AvgIpc) is 2.38. The van der Waals surface area contributed by atoms with E-state index < -0.39 is 0 Å². The quantitative estimate of drug-likeness (QED) is 0.850. The molecule has 0 atom stereocenters. The van der Waals surface area contributed by atoms with Crippen molar-refractivity contribution in [3.8, 4) is 0 Å². The van der Waals surface area contributed by atoms with E-state index in [9.17, 15) is 0 Å². The Morgan fingerprint density at radius 1 is 1.33 bits per heavy atom. The van der Waals surface area contributed by atoms with Crippen LogP contribution in [-0.4, -0.2) is 9.97 Å². The third kappa shape index (κ3) is 3.27. The van der Waals surface area contributed by atoms with Gasteiger partial charge >= 0.3 is 0 Å². The predicted octanol–water partition coefficient (Wildman–Crippen LogP) is 3.09. The number of pyridine rings is 1. The summed E-state index contributed by atoms with van der Waals surface area (Å²) in [6.45, 7) is 0.672. The second-order valence-corrected chi connectivity index (χ2v) is 5.03. The molecule has 0 spiro atoms. The van der Waals surface area contributed by atoms with E-state index in [4.69, 9.17) is 18.0 Å². The monoisotopic (exact) mass is 321 g/mol. The molecule has 0 saturated heterocycles. The van der Waals surface area contributed by atoms with Crippen molar-refractivity contribution in [3.63, 3.8) is 0 Å². The van der Waals surface area contributed by atoms with E-state index in [0.717, 1.165) is 21.4 Å². The lowest BCUT2D eigenvalue weighted by Crippen LogP contribution is -2.09. The third-order valence-electron chi connectivity index (χ3n) is 2.44. The molecule has 1 aromatic carbocycles. The zero-order chi connectivity index (χ0) is 13.0. The summed E-state index contributed by atoms with van der Waals surface area (Å²) in [6.07, 6.45) is 1.78. The molecule has 0 amide bonds. The van der Waals surface area contributed by atoms with Gasteiger partial charge in [-0.05, 0) is 46.3 Å². The van der Waals surface area contributed by atoms with Gasteiger partial charge in [0, 0.05) is 21.9 Å². The second kappa shape index (κ2) is 5.93. The molecule has 0 aliphatic carbocycles. The lowest BCUT2D eigenvalue weighted by molar-refractivity contribution is 1.04. The van der Waals surface area contributed by atoms with Crippen LogP contribution in [-0.2, 0) is 6.54 Å². The summed E-state index contributed by atoms with van der Waals surface area (Å²) in [7, 11) is 0. The van der Waals surface area contributed by atoms with E-state index in [-0.39, 0.29) is 0 Å². The van der Waals surface area contributed by atoms with Gasteiger partial charge in [-0.1, -0.05) is 18.3 Å². The first kappa shape index (κ1) is 13.0. The van der Waals surface area contributed by atoms with Crippen molar-refractivity contribution >= 4 is 38.8 Å². The van der Waals surface area contributed by atoms with Gasteiger partial charge in [-0.2, -0.15) is 0 Å². The number of hydrogen-bond acceptors (Lipinski definition) is 3. The fourth-order valence-corrected chi connectivity index (χ4v) is 2.15. The molecule has 1 aromatic heterocycles. The van der Waals surface area contributed by atoms with Crippen LogP contribution >= 0.6 is 28.1 Å². The van der Waals surface area contributed by atoms with Gasteiger partial charge in [0.1, 0.15) is 4.99 Å². The smallest absolute Gasteiger partial charge is 0.104 e. The molecular weight excluding hydrogens is 310 g/mol. The fraction of sp³-hybridized carbons (Fsp3) is 0.0769. The Balaban J connectivity index is 2.08. The van der Waals surface area contributed by atoms with Crippen molar-refractivity contribution in [2.75, 3.05) is 5.32 Å². The van der Waals surface area contributed by atoms with Gasteiger partial charge in [0.2, 0.25) is 0 Å². The number of anilines is 1. The lowest BCUT2D eigenvalue weighted by atomic mass is 10.2. The number of aromatic nitrogens is 1. The van der Waals surface area contributed by atoms with Gasteiger partial charge in [0.15, 0.2) is 0 Å². The highest BCUT2D eigenvalue weighted by Gasteiger charge is 2.03. The van der Waals surface area contributed by atoms with Crippen LogP contribution in [0.2, 0.25) is 0 Å². The molecule has 5 heteroatoms. The van der Waals surface area contributed by atoms with Crippen molar-refractivity contribution in [1.82, 2.24) is 4.98 Å². The first-order chi connectivity index (χ1) is 8.66. The molecule has 2 aromatic rings. The zero-order valence-electron chi connectivity index (χ0n) is 9.56. The molecule has 0 aliphatic heterocycles. The molecule has 2 rings (SSSR count). The van der Waals surface area contributed by atoms with Crippen LogP contribution < -0.4 is 11.1 Å². The van der Waals surface area contributed by atoms with Crippen LogP contribution in [0.5, 0.6) is 0 Å². The highest BCUT2D eigenvalue weighted by Crippen LogP contribution is 2.24. The third-order valence-corrected chi connectivity index (χ3v) is 3.33. The summed E-state index contributed by atoms with van der Waals surface area (Å²) in [6, 6.07) is 11.6. The number of benzene rings is 1. The van der Waals surface area contributed by atoms with Crippen molar-refractivity contribution in [3.05, 3.63) is 58.3 Å². The minimum atomic E-state index is 0.395. The molecule has 92 valence electrons. The number of hydrogen-bond donors (Lipinski definition) is 2. The highest BCUT2D eigenvalue weighted by molar-refractivity contribution is 9.10. The van der Waals surface area contributed by atoms with Crippen LogP contribution in [0.3, 0.4) is 0 Å². The number of nitrogens with two attached hydrogens (primary N) is 1. The first-order valence-electron chi connectivity index (χ1n) is 5.40. The van der Waals surface area contributed by atoms with E-state index in [1.54, 1.807) is 6.20 Å². The Kier molecular flexibility index (Phi) is 4.28. The first-order valence-corrected chi connectivity index (χ1v) is 6.60.